The van der Waals surface area contributed by atoms with Crippen molar-refractivity contribution >= 4 is 11.6 Å². The monoisotopic (exact) mass is 320 g/mol. The largest absolute Gasteiger partial charge is 0.378 e. The van der Waals surface area contributed by atoms with Crippen molar-refractivity contribution in [3.8, 4) is 0 Å². The summed E-state index contributed by atoms with van der Waals surface area (Å²) >= 11 is 0. The number of hydrogen-bond donors (Lipinski definition) is 1. The van der Waals surface area contributed by atoms with E-state index in [4.69, 9.17) is 0 Å². The van der Waals surface area contributed by atoms with Crippen LogP contribution in [0.3, 0.4) is 0 Å². The van der Waals surface area contributed by atoms with Crippen molar-refractivity contribution in [2.75, 3.05) is 24.3 Å². The van der Waals surface area contributed by atoms with Crippen molar-refractivity contribution in [2.45, 2.75) is 18.5 Å². The van der Waals surface area contributed by atoms with Gasteiger partial charge in [0.25, 0.3) is 0 Å². The van der Waals surface area contributed by atoms with Crippen LogP contribution in [0.15, 0.2) is 54.6 Å². The van der Waals surface area contributed by atoms with Crippen molar-refractivity contribution in [3.05, 3.63) is 65.7 Å². The summed E-state index contributed by atoms with van der Waals surface area (Å²) in [6, 6.07) is 19.4. The van der Waals surface area contributed by atoms with Gasteiger partial charge in [-0.15, -0.1) is 0 Å². The Morgan fingerprint density at radius 3 is 2.46 bits per heavy atom. The molecule has 2 aromatic carbocycles. The second-order valence-corrected chi connectivity index (χ2v) is 6.29. The molecule has 2 heterocycles. The topological polar surface area (TPSA) is 58.9 Å². The first-order valence-electron chi connectivity index (χ1n) is 8.09. The Bertz CT molecular complexity index is 809. The first kappa shape index (κ1) is 14.7. The second kappa shape index (κ2) is 5.96. The molecule has 0 amide bonds. The molecule has 1 N–H and O–H groups in total. The van der Waals surface area contributed by atoms with Gasteiger partial charge in [-0.1, -0.05) is 47.6 Å². The smallest absolute Gasteiger partial charge is 0.243 e. The fourth-order valence-corrected chi connectivity index (χ4v) is 3.21. The highest BCUT2D eigenvalue weighted by Gasteiger charge is 2.30. The summed E-state index contributed by atoms with van der Waals surface area (Å²) in [7, 11) is 4.09. The molecule has 1 aliphatic rings. The van der Waals surface area contributed by atoms with E-state index in [0.717, 1.165) is 12.4 Å². The molecule has 3 aromatic rings. The molecule has 6 heteroatoms. The summed E-state index contributed by atoms with van der Waals surface area (Å²) in [6.07, 6.45) is 0.906. The van der Waals surface area contributed by atoms with Crippen LogP contribution in [-0.4, -0.2) is 34.3 Å². The Labute approximate surface area is 141 Å². The van der Waals surface area contributed by atoms with Crippen molar-refractivity contribution in [1.29, 1.82) is 0 Å². The molecule has 24 heavy (non-hydrogen) atoms. The van der Waals surface area contributed by atoms with Crippen LogP contribution in [0.1, 0.15) is 29.6 Å². The Balaban J connectivity index is 1.69. The van der Waals surface area contributed by atoms with Gasteiger partial charge in [0.1, 0.15) is 0 Å². The van der Waals surface area contributed by atoms with E-state index in [0.29, 0.717) is 0 Å². The first-order chi connectivity index (χ1) is 11.7. The molecule has 0 spiro atoms. The normalized spacial score (nSPS) is 19.4. The zero-order valence-electron chi connectivity index (χ0n) is 13.8. The van der Waals surface area contributed by atoms with Gasteiger partial charge >= 0.3 is 0 Å². The van der Waals surface area contributed by atoms with Crippen LogP contribution in [0.25, 0.3) is 0 Å². The lowest BCUT2D eigenvalue weighted by atomic mass is 9.93. The summed E-state index contributed by atoms with van der Waals surface area (Å²) in [5, 5.41) is 15.6. The highest BCUT2D eigenvalue weighted by molar-refractivity contribution is 5.47. The molecule has 6 nitrogen and oxygen atoms in total. The first-order valence-corrected chi connectivity index (χ1v) is 8.09. The van der Waals surface area contributed by atoms with Crippen molar-refractivity contribution in [1.82, 2.24) is 20.2 Å². The molecule has 0 fully saturated rings. The highest BCUT2D eigenvalue weighted by atomic mass is 15.6. The minimum atomic E-state index is 0.123. The number of aromatic nitrogens is 4. The fraction of sp³-hybridized carbons (Fsp3) is 0.278. The van der Waals surface area contributed by atoms with E-state index in [1.54, 1.807) is 0 Å². The van der Waals surface area contributed by atoms with Crippen LogP contribution >= 0.6 is 0 Å². The number of hydrogen-bond acceptors (Lipinski definition) is 5. The zero-order valence-corrected chi connectivity index (χ0v) is 13.8. The van der Waals surface area contributed by atoms with Crippen molar-refractivity contribution in [3.63, 3.8) is 0 Å². The van der Waals surface area contributed by atoms with Crippen molar-refractivity contribution in [2.24, 2.45) is 0 Å². The van der Waals surface area contributed by atoms with Crippen LogP contribution in [0.5, 0.6) is 0 Å². The molecule has 0 saturated heterocycles. The Kier molecular flexibility index (Phi) is 3.65. The molecular formula is C18H20N6. The third kappa shape index (κ3) is 2.60. The van der Waals surface area contributed by atoms with Crippen LogP contribution < -0.4 is 10.2 Å². The van der Waals surface area contributed by atoms with Gasteiger partial charge in [-0.3, -0.25) is 0 Å². The lowest BCUT2D eigenvalue weighted by Crippen LogP contribution is -2.28. The summed E-state index contributed by atoms with van der Waals surface area (Å²) < 4.78 is 1.88. The molecule has 1 aliphatic heterocycles. The number of rotatable bonds is 3. The maximum absolute atomic E-state index is 4.18. The summed E-state index contributed by atoms with van der Waals surface area (Å²) in [6.45, 7) is 0. The highest BCUT2D eigenvalue weighted by Crippen LogP contribution is 2.37. The van der Waals surface area contributed by atoms with E-state index in [9.17, 15) is 0 Å². The minimum Gasteiger partial charge on any atom is -0.378 e. The average molecular weight is 320 g/mol. The summed E-state index contributed by atoms with van der Waals surface area (Å²) in [5.74, 6) is 0.719. The molecule has 0 bridgehead atoms. The zero-order chi connectivity index (χ0) is 16.5. The van der Waals surface area contributed by atoms with Gasteiger partial charge in [-0.2, -0.15) is 0 Å². The Morgan fingerprint density at radius 2 is 1.75 bits per heavy atom. The minimum absolute atomic E-state index is 0.123. The van der Waals surface area contributed by atoms with E-state index in [2.05, 4.69) is 74.3 Å². The van der Waals surface area contributed by atoms with Crippen molar-refractivity contribution < 1.29 is 0 Å². The SMILES string of the molecule is CN(C)c1ccc([C@@H]2C[C@@H](c3ccccc3)Nc3nnnn32)cc1. The van der Waals surface area contributed by atoms with Crippen LogP contribution in [0.4, 0.5) is 11.6 Å². The molecular weight excluding hydrogens is 300 g/mol. The predicted molar refractivity (Wildman–Crippen MR) is 94.1 cm³/mol. The second-order valence-electron chi connectivity index (χ2n) is 6.29. The number of nitrogens with zero attached hydrogens (tertiary/aromatic N) is 5. The van der Waals surface area contributed by atoms with Gasteiger partial charge < -0.3 is 10.2 Å². The average Bonchev–Trinajstić information content (AvgIpc) is 3.10. The number of tetrazole rings is 1. The van der Waals surface area contributed by atoms with Gasteiger partial charge in [0.15, 0.2) is 0 Å². The van der Waals surface area contributed by atoms with Gasteiger partial charge in [0, 0.05) is 19.8 Å². The molecule has 0 unspecified atom stereocenters. The van der Waals surface area contributed by atoms with Gasteiger partial charge in [0.05, 0.1) is 12.1 Å². The summed E-state index contributed by atoms with van der Waals surface area (Å²) in [4.78, 5) is 2.10. The summed E-state index contributed by atoms with van der Waals surface area (Å²) in [5.41, 5.74) is 3.66. The number of benzene rings is 2. The number of anilines is 2. The van der Waals surface area contributed by atoms with Gasteiger partial charge in [-0.05, 0) is 40.1 Å². The molecule has 4 rings (SSSR count). The van der Waals surface area contributed by atoms with E-state index in [-0.39, 0.29) is 12.1 Å². The molecule has 0 saturated carbocycles. The molecule has 0 aliphatic carbocycles. The Hall–Kier alpha value is -2.89. The van der Waals surface area contributed by atoms with Gasteiger partial charge in [-0.25, -0.2) is 4.68 Å². The fourth-order valence-electron chi connectivity index (χ4n) is 3.21. The lowest BCUT2D eigenvalue weighted by molar-refractivity contribution is 0.424. The Morgan fingerprint density at radius 1 is 1.00 bits per heavy atom. The molecule has 1 aromatic heterocycles. The van der Waals surface area contributed by atoms with Gasteiger partial charge in [0.2, 0.25) is 5.95 Å². The molecule has 122 valence electrons. The third-order valence-corrected chi connectivity index (χ3v) is 4.55. The molecule has 2 atom stereocenters. The number of nitrogens with one attached hydrogen (secondary N) is 1. The van der Waals surface area contributed by atoms with Crippen LogP contribution in [-0.2, 0) is 0 Å². The number of fused-ring (bicyclic) bond motifs is 1. The lowest BCUT2D eigenvalue weighted by Gasteiger charge is -2.31. The predicted octanol–water partition coefficient (Wildman–Crippen LogP) is 2.89. The molecule has 0 radical (unpaired) electrons. The van der Waals surface area contributed by atoms with Crippen LogP contribution in [0, 0.1) is 0 Å². The van der Waals surface area contributed by atoms with E-state index in [1.807, 2.05) is 24.8 Å². The maximum Gasteiger partial charge on any atom is 0.243 e. The standard InChI is InChI=1S/C18H20N6/c1-23(2)15-10-8-14(9-11-15)17-12-16(13-6-4-3-5-7-13)19-18-20-21-22-24(17)18/h3-11,16-17H,12H2,1-2H3,(H,19,20,22)/t16-,17-/m0/s1. The van der Waals surface area contributed by atoms with Crippen LogP contribution in [0.2, 0.25) is 0 Å². The third-order valence-electron chi connectivity index (χ3n) is 4.55. The van der Waals surface area contributed by atoms with E-state index >= 15 is 0 Å². The maximum atomic E-state index is 4.18. The van der Waals surface area contributed by atoms with E-state index < -0.39 is 0 Å². The van der Waals surface area contributed by atoms with E-state index in [1.165, 1.54) is 16.8 Å². The quantitative estimate of drug-likeness (QED) is 0.804.